The SMILES string of the molecule is CNc1cc(C=N)c(NC2CCOCC2)c(CO)n1. The molecule has 2 heterocycles. The average molecular weight is 264 g/mol. The van der Waals surface area contributed by atoms with Crippen molar-refractivity contribution in [1.29, 1.82) is 5.41 Å². The monoisotopic (exact) mass is 264 g/mol. The third-order valence-corrected chi connectivity index (χ3v) is 3.26. The lowest BCUT2D eigenvalue weighted by atomic mass is 10.1. The van der Waals surface area contributed by atoms with Gasteiger partial charge in [-0.15, -0.1) is 0 Å². The molecule has 0 unspecified atom stereocenters. The van der Waals surface area contributed by atoms with Crippen LogP contribution in [0.5, 0.6) is 0 Å². The minimum absolute atomic E-state index is 0.151. The van der Waals surface area contributed by atoms with E-state index >= 15 is 0 Å². The normalized spacial score (nSPS) is 16.1. The number of nitrogens with one attached hydrogen (secondary N) is 3. The lowest BCUT2D eigenvalue weighted by Crippen LogP contribution is -2.29. The van der Waals surface area contributed by atoms with Crippen molar-refractivity contribution in [2.75, 3.05) is 30.9 Å². The second-order valence-corrected chi connectivity index (χ2v) is 4.50. The molecular weight excluding hydrogens is 244 g/mol. The Bertz CT molecular complexity index is 445. The number of pyridine rings is 1. The van der Waals surface area contributed by atoms with Gasteiger partial charge in [-0.1, -0.05) is 0 Å². The van der Waals surface area contributed by atoms with Crippen LogP contribution in [-0.4, -0.2) is 42.6 Å². The number of aliphatic hydroxyl groups is 1. The summed E-state index contributed by atoms with van der Waals surface area (Å²) in [5.41, 5.74) is 2.05. The van der Waals surface area contributed by atoms with Crippen molar-refractivity contribution in [3.05, 3.63) is 17.3 Å². The summed E-state index contributed by atoms with van der Waals surface area (Å²) in [5.74, 6) is 0.653. The highest BCUT2D eigenvalue weighted by Gasteiger charge is 2.17. The van der Waals surface area contributed by atoms with Gasteiger partial charge in [0.1, 0.15) is 5.82 Å². The van der Waals surface area contributed by atoms with E-state index in [2.05, 4.69) is 15.6 Å². The minimum atomic E-state index is -0.151. The van der Waals surface area contributed by atoms with E-state index in [1.54, 1.807) is 13.1 Å². The molecule has 6 heteroatoms. The summed E-state index contributed by atoms with van der Waals surface area (Å²) >= 11 is 0. The highest BCUT2D eigenvalue weighted by molar-refractivity contribution is 5.88. The zero-order chi connectivity index (χ0) is 13.7. The lowest BCUT2D eigenvalue weighted by molar-refractivity contribution is 0.0904. The second kappa shape index (κ2) is 6.49. The Balaban J connectivity index is 2.28. The predicted octanol–water partition coefficient (Wildman–Crippen LogP) is 1.20. The molecule has 4 N–H and O–H groups in total. The Morgan fingerprint density at radius 1 is 1.53 bits per heavy atom. The average Bonchev–Trinajstić information content (AvgIpc) is 2.48. The van der Waals surface area contributed by atoms with E-state index in [1.165, 1.54) is 6.21 Å². The molecule has 1 aliphatic rings. The molecule has 0 spiro atoms. The van der Waals surface area contributed by atoms with E-state index in [0.29, 0.717) is 17.6 Å². The molecular formula is C13H20N4O2. The molecule has 1 saturated heterocycles. The van der Waals surface area contributed by atoms with Gasteiger partial charge in [0, 0.05) is 38.1 Å². The molecule has 0 aromatic carbocycles. The molecule has 1 aromatic rings. The van der Waals surface area contributed by atoms with Gasteiger partial charge < -0.3 is 25.9 Å². The van der Waals surface area contributed by atoms with Gasteiger partial charge in [-0.25, -0.2) is 4.98 Å². The first-order valence-electron chi connectivity index (χ1n) is 6.45. The first-order chi connectivity index (χ1) is 9.28. The summed E-state index contributed by atoms with van der Waals surface area (Å²) in [6.07, 6.45) is 3.13. The van der Waals surface area contributed by atoms with Crippen molar-refractivity contribution in [1.82, 2.24) is 4.98 Å². The fourth-order valence-corrected chi connectivity index (χ4v) is 2.19. The van der Waals surface area contributed by atoms with Crippen LogP contribution in [0.2, 0.25) is 0 Å². The smallest absolute Gasteiger partial charge is 0.126 e. The maximum atomic E-state index is 9.46. The lowest BCUT2D eigenvalue weighted by Gasteiger charge is -2.26. The predicted molar refractivity (Wildman–Crippen MR) is 75.1 cm³/mol. The summed E-state index contributed by atoms with van der Waals surface area (Å²) < 4.78 is 5.33. The number of nitrogens with zero attached hydrogens (tertiary/aromatic N) is 1. The number of ether oxygens (including phenoxy) is 1. The Morgan fingerprint density at radius 3 is 2.84 bits per heavy atom. The van der Waals surface area contributed by atoms with Crippen LogP contribution in [0.3, 0.4) is 0 Å². The molecule has 1 aromatic heterocycles. The molecule has 0 aliphatic carbocycles. The third kappa shape index (κ3) is 3.21. The highest BCUT2D eigenvalue weighted by Crippen LogP contribution is 2.24. The molecule has 0 amide bonds. The van der Waals surface area contributed by atoms with Crippen LogP contribution in [0.25, 0.3) is 0 Å². The summed E-state index contributed by atoms with van der Waals surface area (Å²) in [6, 6.07) is 2.10. The summed E-state index contributed by atoms with van der Waals surface area (Å²) in [7, 11) is 1.77. The zero-order valence-corrected chi connectivity index (χ0v) is 11.1. The van der Waals surface area contributed by atoms with Gasteiger partial charge in [0.15, 0.2) is 0 Å². The number of aromatic nitrogens is 1. The van der Waals surface area contributed by atoms with Crippen LogP contribution in [0, 0.1) is 5.41 Å². The first-order valence-corrected chi connectivity index (χ1v) is 6.45. The molecule has 104 valence electrons. The van der Waals surface area contributed by atoms with Crippen molar-refractivity contribution >= 4 is 17.7 Å². The van der Waals surface area contributed by atoms with E-state index in [1.807, 2.05) is 0 Å². The molecule has 0 radical (unpaired) electrons. The Morgan fingerprint density at radius 2 is 2.26 bits per heavy atom. The number of hydrogen-bond donors (Lipinski definition) is 4. The van der Waals surface area contributed by atoms with Crippen molar-refractivity contribution in [3.8, 4) is 0 Å². The molecule has 19 heavy (non-hydrogen) atoms. The van der Waals surface area contributed by atoms with E-state index in [4.69, 9.17) is 10.1 Å². The molecule has 6 nitrogen and oxygen atoms in total. The van der Waals surface area contributed by atoms with E-state index in [0.717, 1.165) is 37.3 Å². The molecule has 1 fully saturated rings. The van der Waals surface area contributed by atoms with Crippen LogP contribution in [0.15, 0.2) is 6.07 Å². The van der Waals surface area contributed by atoms with Crippen LogP contribution in [0.1, 0.15) is 24.1 Å². The van der Waals surface area contributed by atoms with Gasteiger partial charge in [-0.05, 0) is 18.9 Å². The summed E-state index contributed by atoms with van der Waals surface area (Å²) in [6.45, 7) is 1.34. The Labute approximate surface area is 112 Å². The molecule has 1 aliphatic heterocycles. The van der Waals surface area contributed by atoms with Crippen molar-refractivity contribution in [3.63, 3.8) is 0 Å². The summed E-state index contributed by atoms with van der Waals surface area (Å²) in [4.78, 5) is 4.33. The largest absolute Gasteiger partial charge is 0.390 e. The molecule has 0 atom stereocenters. The number of hydrogen-bond acceptors (Lipinski definition) is 6. The zero-order valence-electron chi connectivity index (χ0n) is 11.1. The Kier molecular flexibility index (Phi) is 4.70. The molecule has 2 rings (SSSR count). The second-order valence-electron chi connectivity index (χ2n) is 4.50. The van der Waals surface area contributed by atoms with Crippen LogP contribution >= 0.6 is 0 Å². The summed E-state index contributed by atoms with van der Waals surface area (Å²) in [5, 5.41) is 23.3. The van der Waals surface area contributed by atoms with Gasteiger partial charge in [-0.3, -0.25) is 0 Å². The first kappa shape index (κ1) is 13.8. The van der Waals surface area contributed by atoms with Gasteiger partial charge in [-0.2, -0.15) is 0 Å². The van der Waals surface area contributed by atoms with Crippen molar-refractivity contribution < 1.29 is 9.84 Å². The van der Waals surface area contributed by atoms with Gasteiger partial charge in [0.2, 0.25) is 0 Å². The fourth-order valence-electron chi connectivity index (χ4n) is 2.19. The van der Waals surface area contributed by atoms with Gasteiger partial charge >= 0.3 is 0 Å². The van der Waals surface area contributed by atoms with E-state index < -0.39 is 0 Å². The highest BCUT2D eigenvalue weighted by atomic mass is 16.5. The number of anilines is 2. The topological polar surface area (TPSA) is 90.3 Å². The number of aliphatic hydroxyl groups excluding tert-OH is 1. The minimum Gasteiger partial charge on any atom is -0.390 e. The van der Waals surface area contributed by atoms with E-state index in [-0.39, 0.29) is 6.61 Å². The quantitative estimate of drug-likeness (QED) is 0.600. The molecule has 0 bridgehead atoms. The standard InChI is InChI=1S/C13H20N4O2/c1-15-12-6-9(7-14)13(11(8-18)17-12)16-10-2-4-19-5-3-10/h6-7,10,14,16,18H,2-5,8H2,1H3,(H,15,17). The van der Waals surface area contributed by atoms with E-state index in [9.17, 15) is 5.11 Å². The van der Waals surface area contributed by atoms with Gasteiger partial charge in [0.25, 0.3) is 0 Å². The Hall–Kier alpha value is -1.66. The third-order valence-electron chi connectivity index (χ3n) is 3.26. The molecule has 0 saturated carbocycles. The van der Waals surface area contributed by atoms with Crippen molar-refractivity contribution in [2.24, 2.45) is 0 Å². The maximum absolute atomic E-state index is 9.46. The van der Waals surface area contributed by atoms with Crippen molar-refractivity contribution in [2.45, 2.75) is 25.5 Å². The maximum Gasteiger partial charge on any atom is 0.126 e. The van der Waals surface area contributed by atoms with Crippen LogP contribution in [-0.2, 0) is 11.3 Å². The van der Waals surface area contributed by atoms with Gasteiger partial charge in [0.05, 0.1) is 18.0 Å². The van der Waals surface area contributed by atoms with Crippen LogP contribution in [0.4, 0.5) is 11.5 Å². The van der Waals surface area contributed by atoms with Crippen LogP contribution < -0.4 is 10.6 Å². The number of rotatable bonds is 5. The fraction of sp³-hybridized carbons (Fsp3) is 0.538.